The number of carboxylic acid groups (broad SMARTS) is 1. The van der Waals surface area contributed by atoms with Gasteiger partial charge in [-0.1, -0.05) is 19.9 Å². The number of benzene rings is 2. The van der Waals surface area contributed by atoms with Crippen LogP contribution >= 0.6 is 12.6 Å². The normalized spacial score (nSPS) is 18.6. The number of hydrogen-bond acceptors (Lipinski definition) is 5. The Morgan fingerprint density at radius 3 is 2.40 bits per heavy atom. The Hall–Kier alpha value is -2.88. The number of fused-ring (bicyclic) bond motifs is 2. The van der Waals surface area contributed by atoms with Gasteiger partial charge in [-0.3, -0.25) is 9.35 Å². The second-order valence-electron chi connectivity index (χ2n) is 11.5. The second-order valence-corrected chi connectivity index (χ2v) is 13.4. The minimum absolute atomic E-state index is 0.124. The molecule has 0 saturated heterocycles. The minimum atomic E-state index is -4.34. The van der Waals surface area contributed by atoms with Gasteiger partial charge in [0.25, 0.3) is 10.1 Å². The van der Waals surface area contributed by atoms with Crippen LogP contribution in [0.5, 0.6) is 0 Å². The fourth-order valence-electron chi connectivity index (χ4n) is 6.01. The summed E-state index contributed by atoms with van der Waals surface area (Å²) in [6, 6.07) is 11.0. The van der Waals surface area contributed by atoms with Gasteiger partial charge >= 0.3 is 5.97 Å². The van der Waals surface area contributed by atoms with Crippen molar-refractivity contribution in [3.63, 3.8) is 0 Å². The molecule has 2 aromatic carbocycles. The lowest BCUT2D eigenvalue weighted by Gasteiger charge is -2.25. The maximum Gasteiger partial charge on any atom is 0.303 e. The molecule has 2 aliphatic heterocycles. The summed E-state index contributed by atoms with van der Waals surface area (Å²) >= 11 is 4.57. The van der Waals surface area contributed by atoms with Crippen LogP contribution in [0.3, 0.4) is 0 Å². The Morgan fingerprint density at radius 1 is 1.02 bits per heavy atom. The number of nitrogens with zero attached hydrogens (tertiary/aromatic N) is 2. The van der Waals surface area contributed by atoms with Gasteiger partial charge < -0.3 is 10.0 Å². The monoisotopic (exact) mass is 583 g/mol. The number of unbranched alkanes of at least 4 members (excludes halogenated alkanes) is 2. The molecule has 214 valence electrons. The largest absolute Gasteiger partial charge is 0.481 e. The second kappa shape index (κ2) is 11.2. The van der Waals surface area contributed by atoms with Crippen LogP contribution in [-0.2, 0) is 25.7 Å². The highest BCUT2D eigenvalue weighted by Gasteiger charge is 2.45. The highest BCUT2D eigenvalue weighted by atomic mass is 32.2. The van der Waals surface area contributed by atoms with Crippen LogP contribution in [0.1, 0.15) is 71.4 Å². The number of anilines is 1. The van der Waals surface area contributed by atoms with Crippen LogP contribution < -0.4 is 4.90 Å². The molecule has 2 heterocycles. The van der Waals surface area contributed by atoms with Crippen molar-refractivity contribution in [3.05, 3.63) is 71.5 Å². The predicted molar refractivity (Wildman–Crippen MR) is 162 cm³/mol. The van der Waals surface area contributed by atoms with Crippen molar-refractivity contribution >= 4 is 45.8 Å². The molecule has 40 heavy (non-hydrogen) atoms. The molecule has 2 N–H and O–H groups in total. The van der Waals surface area contributed by atoms with Crippen molar-refractivity contribution < 1.29 is 27.4 Å². The number of hydrogen-bond donors (Lipinski definition) is 3. The summed E-state index contributed by atoms with van der Waals surface area (Å²) in [7, 11) is -4.34. The Balaban J connectivity index is 1.73. The molecule has 0 saturated carbocycles. The number of aliphatic carboxylic acids is 1. The van der Waals surface area contributed by atoms with E-state index in [9.17, 15) is 17.8 Å². The molecule has 2 aromatic rings. The van der Waals surface area contributed by atoms with E-state index in [1.807, 2.05) is 6.07 Å². The summed E-state index contributed by atoms with van der Waals surface area (Å²) in [6.45, 7) is 12.2. The van der Waals surface area contributed by atoms with Gasteiger partial charge in [0.2, 0.25) is 5.69 Å². The Bertz CT molecular complexity index is 1530. The van der Waals surface area contributed by atoms with E-state index < -0.39 is 21.5 Å². The van der Waals surface area contributed by atoms with Crippen LogP contribution in [0.2, 0.25) is 0 Å². The lowest BCUT2D eigenvalue weighted by Crippen LogP contribution is -2.28. The first-order valence-electron chi connectivity index (χ1n) is 13.7. The molecule has 7 nitrogen and oxygen atoms in total. The predicted octanol–water partition coefficient (Wildman–Crippen LogP) is 6.50. The summed E-state index contributed by atoms with van der Waals surface area (Å²) in [4.78, 5) is 14.1. The van der Waals surface area contributed by atoms with Gasteiger partial charge in [0.15, 0.2) is 5.71 Å². The Labute approximate surface area is 243 Å². The summed E-state index contributed by atoms with van der Waals surface area (Å²) < 4.78 is 35.7. The quantitative estimate of drug-likeness (QED) is 0.128. The third kappa shape index (κ3) is 5.64. The van der Waals surface area contributed by atoms with Gasteiger partial charge in [0.05, 0.1) is 10.3 Å². The summed E-state index contributed by atoms with van der Waals surface area (Å²) in [5.74, 6) is -0.794. The molecule has 0 spiro atoms. The fraction of sp³-hybridized carbons (Fsp3) is 0.419. The SMILES string of the molecule is CCN1/C(=C/C=C/C2=[N+](CCCCCC(=O)O)c3ccc(S(=O)(=O)O)cc3C2(C)C)C(C)(C)c2cc(S)ccc21. The molecule has 9 heteroatoms. The summed E-state index contributed by atoms with van der Waals surface area (Å²) in [5, 5.41) is 8.98. The molecule has 0 aromatic heterocycles. The smallest absolute Gasteiger partial charge is 0.303 e. The van der Waals surface area contributed by atoms with E-state index in [-0.39, 0.29) is 16.7 Å². The van der Waals surface area contributed by atoms with Gasteiger partial charge in [-0.15, -0.1) is 12.6 Å². The van der Waals surface area contributed by atoms with Crippen molar-refractivity contribution in [2.45, 2.75) is 80.9 Å². The van der Waals surface area contributed by atoms with E-state index in [2.05, 4.69) is 87.1 Å². The number of carboxylic acids is 1. The Morgan fingerprint density at radius 2 is 1.75 bits per heavy atom. The first kappa shape index (κ1) is 30.1. The van der Waals surface area contributed by atoms with E-state index in [1.54, 1.807) is 12.1 Å². The first-order chi connectivity index (χ1) is 18.7. The molecule has 0 aliphatic carbocycles. The van der Waals surface area contributed by atoms with E-state index in [1.165, 1.54) is 23.0 Å². The van der Waals surface area contributed by atoms with Crippen LogP contribution in [0.15, 0.2) is 70.1 Å². The highest BCUT2D eigenvalue weighted by molar-refractivity contribution is 7.85. The molecule has 0 amide bonds. The lowest BCUT2D eigenvalue weighted by atomic mass is 9.81. The van der Waals surface area contributed by atoms with Crippen molar-refractivity contribution in [1.29, 1.82) is 0 Å². The van der Waals surface area contributed by atoms with Crippen molar-refractivity contribution in [3.8, 4) is 0 Å². The third-order valence-electron chi connectivity index (χ3n) is 8.13. The zero-order valence-electron chi connectivity index (χ0n) is 23.8. The molecule has 4 rings (SSSR count). The summed E-state index contributed by atoms with van der Waals surface area (Å²) in [6.07, 6.45) is 8.63. The average Bonchev–Trinajstić information content (AvgIpc) is 3.21. The zero-order chi connectivity index (χ0) is 29.5. The number of likely N-dealkylation sites (N-methyl/N-ethyl adjacent to an activating group) is 1. The fourth-order valence-corrected chi connectivity index (χ4v) is 6.72. The molecule has 2 aliphatic rings. The van der Waals surface area contributed by atoms with Crippen LogP contribution in [0.25, 0.3) is 0 Å². The van der Waals surface area contributed by atoms with Crippen molar-refractivity contribution in [2.75, 3.05) is 18.0 Å². The van der Waals surface area contributed by atoms with Crippen molar-refractivity contribution in [1.82, 2.24) is 0 Å². The van der Waals surface area contributed by atoms with E-state index in [0.29, 0.717) is 13.0 Å². The number of allylic oxidation sites excluding steroid dienone is 4. The van der Waals surface area contributed by atoms with Gasteiger partial charge in [-0.2, -0.15) is 13.0 Å². The molecular weight excluding hydrogens is 544 g/mol. The third-order valence-corrected chi connectivity index (χ3v) is 9.26. The molecule has 0 radical (unpaired) electrons. The van der Waals surface area contributed by atoms with Crippen LogP contribution in [0, 0.1) is 0 Å². The molecular formula is C31H39N2O5S2+. The standard InChI is InChI=1S/C31H38N2O5S2/c1-6-32-25-16-14-21(39)19-23(25)30(2,3)27(32)11-10-12-28-31(4,5)24-20-22(40(36,37)38)15-17-26(24)33(28)18-9-7-8-13-29(34)35/h10-12,14-17,19-20H,6-9,13,18H2,1-5H3,(H2-,34,35,36,37,38,39)/p+1. The van der Waals surface area contributed by atoms with Crippen LogP contribution in [-0.4, -0.2) is 47.4 Å². The average molecular weight is 584 g/mol. The number of rotatable bonds is 10. The van der Waals surface area contributed by atoms with E-state index >= 15 is 0 Å². The molecule has 0 fully saturated rings. The van der Waals surface area contributed by atoms with Gasteiger partial charge in [0.1, 0.15) is 6.54 Å². The van der Waals surface area contributed by atoms with Gasteiger partial charge in [0, 0.05) is 58.8 Å². The first-order valence-corrected chi connectivity index (χ1v) is 15.6. The molecule has 0 bridgehead atoms. The van der Waals surface area contributed by atoms with Gasteiger partial charge in [-0.05, 0) is 75.6 Å². The topological polar surface area (TPSA) is 97.9 Å². The Kier molecular flexibility index (Phi) is 8.41. The minimum Gasteiger partial charge on any atom is -0.481 e. The van der Waals surface area contributed by atoms with Crippen molar-refractivity contribution in [2.24, 2.45) is 0 Å². The zero-order valence-corrected chi connectivity index (χ0v) is 25.5. The van der Waals surface area contributed by atoms with Crippen LogP contribution in [0.4, 0.5) is 11.4 Å². The number of thiol groups is 1. The maximum absolute atomic E-state index is 11.9. The lowest BCUT2D eigenvalue weighted by molar-refractivity contribution is -0.438. The highest BCUT2D eigenvalue weighted by Crippen LogP contribution is 2.48. The van der Waals surface area contributed by atoms with E-state index in [4.69, 9.17) is 5.11 Å². The molecule has 0 atom stereocenters. The van der Waals surface area contributed by atoms with Gasteiger partial charge in [-0.25, -0.2) is 0 Å². The molecule has 0 unspecified atom stereocenters. The maximum atomic E-state index is 11.9. The van der Waals surface area contributed by atoms with E-state index in [0.717, 1.165) is 41.2 Å². The number of carbonyl (C=O) groups is 1. The summed E-state index contributed by atoms with van der Waals surface area (Å²) in [5.41, 5.74) is 5.61.